The SMILES string of the molecule is O=C(OCC1c2ccccc2-c2ccccc21)Oc1ccc(CNNc2ccccc2)cc1. The monoisotopic (exact) mass is 436 g/mol. The largest absolute Gasteiger partial charge is 0.513 e. The summed E-state index contributed by atoms with van der Waals surface area (Å²) in [5.41, 5.74) is 13.1. The summed E-state index contributed by atoms with van der Waals surface area (Å²) < 4.78 is 10.9. The summed E-state index contributed by atoms with van der Waals surface area (Å²) in [7, 11) is 0. The molecule has 1 aliphatic carbocycles. The van der Waals surface area contributed by atoms with E-state index in [1.54, 1.807) is 12.1 Å². The molecule has 4 aromatic rings. The lowest BCUT2D eigenvalue weighted by atomic mass is 9.98. The summed E-state index contributed by atoms with van der Waals surface area (Å²) in [5, 5.41) is 0. The molecule has 2 N–H and O–H groups in total. The number of hydrogen-bond donors (Lipinski definition) is 2. The maximum atomic E-state index is 12.3. The molecule has 0 spiro atoms. The van der Waals surface area contributed by atoms with Gasteiger partial charge in [0.05, 0.1) is 0 Å². The van der Waals surface area contributed by atoms with E-state index >= 15 is 0 Å². The molecule has 5 rings (SSSR count). The van der Waals surface area contributed by atoms with E-state index in [0.29, 0.717) is 12.3 Å². The lowest BCUT2D eigenvalue weighted by molar-refractivity contribution is 0.0965. The van der Waals surface area contributed by atoms with Crippen molar-refractivity contribution in [2.45, 2.75) is 12.5 Å². The molecule has 0 fully saturated rings. The van der Waals surface area contributed by atoms with Crippen LogP contribution in [0.4, 0.5) is 10.5 Å². The number of carbonyl (C=O) groups is 1. The Bertz CT molecular complexity index is 1190. The molecule has 0 radical (unpaired) electrons. The minimum atomic E-state index is -0.700. The molecular formula is C28H24N2O3. The lowest BCUT2D eigenvalue weighted by Gasteiger charge is -2.14. The Labute approximate surface area is 193 Å². The van der Waals surface area contributed by atoms with Crippen molar-refractivity contribution < 1.29 is 14.3 Å². The van der Waals surface area contributed by atoms with E-state index in [1.165, 1.54) is 22.3 Å². The van der Waals surface area contributed by atoms with Gasteiger partial charge in [-0.15, -0.1) is 0 Å². The average Bonchev–Trinajstić information content (AvgIpc) is 3.18. The molecule has 1 aliphatic rings. The zero-order chi connectivity index (χ0) is 22.5. The van der Waals surface area contributed by atoms with Crippen LogP contribution < -0.4 is 15.6 Å². The van der Waals surface area contributed by atoms with Crippen molar-refractivity contribution in [1.29, 1.82) is 0 Å². The van der Waals surface area contributed by atoms with Gasteiger partial charge in [0.2, 0.25) is 0 Å². The van der Waals surface area contributed by atoms with Crippen LogP contribution in [0.25, 0.3) is 11.1 Å². The molecule has 5 nitrogen and oxygen atoms in total. The van der Waals surface area contributed by atoms with Gasteiger partial charge in [-0.25, -0.2) is 10.2 Å². The summed E-state index contributed by atoms with van der Waals surface area (Å²) in [4.78, 5) is 12.3. The molecule has 4 aromatic carbocycles. The van der Waals surface area contributed by atoms with Gasteiger partial charge in [-0.3, -0.25) is 0 Å². The second-order valence-electron chi connectivity index (χ2n) is 7.88. The number of fused-ring (bicyclic) bond motifs is 3. The van der Waals surface area contributed by atoms with Gasteiger partial charge in [-0.2, -0.15) is 0 Å². The number of hydrazine groups is 1. The smallest absolute Gasteiger partial charge is 0.433 e. The van der Waals surface area contributed by atoms with Crippen molar-refractivity contribution >= 4 is 11.8 Å². The Morgan fingerprint density at radius 1 is 0.727 bits per heavy atom. The summed E-state index contributed by atoms with van der Waals surface area (Å²) in [6.07, 6.45) is -0.700. The Balaban J connectivity index is 1.14. The highest BCUT2D eigenvalue weighted by Crippen LogP contribution is 2.44. The summed E-state index contributed by atoms with van der Waals surface area (Å²) in [6, 6.07) is 33.7. The van der Waals surface area contributed by atoms with Gasteiger partial charge < -0.3 is 14.9 Å². The van der Waals surface area contributed by atoms with Gasteiger partial charge in [-0.05, 0) is 52.1 Å². The van der Waals surface area contributed by atoms with Crippen LogP contribution in [-0.4, -0.2) is 12.8 Å². The minimum Gasteiger partial charge on any atom is -0.433 e. The zero-order valence-electron chi connectivity index (χ0n) is 18.0. The maximum absolute atomic E-state index is 12.3. The number of nitrogens with one attached hydrogen (secondary N) is 2. The summed E-state index contributed by atoms with van der Waals surface area (Å²) in [6.45, 7) is 0.861. The second-order valence-corrected chi connectivity index (χ2v) is 7.88. The van der Waals surface area contributed by atoms with Crippen molar-refractivity contribution in [2.24, 2.45) is 0 Å². The molecule has 0 aromatic heterocycles. The molecule has 0 heterocycles. The van der Waals surface area contributed by atoms with Gasteiger partial charge in [0, 0.05) is 18.2 Å². The Morgan fingerprint density at radius 3 is 2.00 bits per heavy atom. The Kier molecular flexibility index (Phi) is 6.04. The third kappa shape index (κ3) is 4.73. The van der Waals surface area contributed by atoms with Crippen LogP contribution >= 0.6 is 0 Å². The van der Waals surface area contributed by atoms with Gasteiger partial charge >= 0.3 is 6.16 Å². The van der Waals surface area contributed by atoms with Crippen LogP contribution in [0.5, 0.6) is 5.75 Å². The topological polar surface area (TPSA) is 59.6 Å². The third-order valence-electron chi connectivity index (χ3n) is 5.75. The summed E-state index contributed by atoms with van der Waals surface area (Å²) >= 11 is 0. The number of hydrogen-bond acceptors (Lipinski definition) is 5. The van der Waals surface area contributed by atoms with Crippen molar-refractivity contribution in [2.75, 3.05) is 12.0 Å². The number of ether oxygens (including phenoxy) is 2. The van der Waals surface area contributed by atoms with Crippen LogP contribution in [0.3, 0.4) is 0 Å². The molecule has 0 saturated heterocycles. The average molecular weight is 437 g/mol. The molecule has 0 amide bonds. The second kappa shape index (κ2) is 9.59. The highest BCUT2D eigenvalue weighted by atomic mass is 16.7. The molecule has 0 saturated carbocycles. The van der Waals surface area contributed by atoms with E-state index in [0.717, 1.165) is 11.3 Å². The molecule has 0 unspecified atom stereocenters. The molecule has 0 aliphatic heterocycles. The van der Waals surface area contributed by atoms with E-state index in [-0.39, 0.29) is 12.5 Å². The molecule has 0 bridgehead atoms. The fraction of sp³-hybridized carbons (Fsp3) is 0.107. The Morgan fingerprint density at radius 2 is 1.33 bits per heavy atom. The first-order chi connectivity index (χ1) is 16.3. The standard InChI is InChI=1S/C28H24N2O3/c31-28(32-19-27-25-12-6-4-10-23(25)24-11-5-7-13-26(24)27)33-22-16-14-20(15-17-22)18-29-30-21-8-2-1-3-9-21/h1-17,27,29-30H,18-19H2. The van der Waals surface area contributed by atoms with Gasteiger partial charge in [-0.1, -0.05) is 78.9 Å². The lowest BCUT2D eigenvalue weighted by Crippen LogP contribution is -2.20. The first-order valence-electron chi connectivity index (χ1n) is 10.9. The predicted molar refractivity (Wildman–Crippen MR) is 129 cm³/mol. The molecule has 164 valence electrons. The third-order valence-corrected chi connectivity index (χ3v) is 5.75. The number of anilines is 1. The predicted octanol–water partition coefficient (Wildman–Crippen LogP) is 6.13. The van der Waals surface area contributed by atoms with Crippen molar-refractivity contribution in [3.63, 3.8) is 0 Å². The van der Waals surface area contributed by atoms with Crippen LogP contribution in [0.1, 0.15) is 22.6 Å². The van der Waals surface area contributed by atoms with Crippen LogP contribution in [0.15, 0.2) is 103 Å². The highest BCUT2D eigenvalue weighted by molar-refractivity contribution is 5.79. The number of para-hydroxylation sites is 1. The highest BCUT2D eigenvalue weighted by Gasteiger charge is 2.29. The fourth-order valence-electron chi connectivity index (χ4n) is 4.16. The number of benzene rings is 4. The number of carbonyl (C=O) groups excluding carboxylic acids is 1. The van der Waals surface area contributed by atoms with Crippen molar-refractivity contribution in [3.05, 3.63) is 120 Å². The molecule has 0 atom stereocenters. The fourth-order valence-corrected chi connectivity index (χ4v) is 4.16. The normalized spacial score (nSPS) is 12.0. The first-order valence-corrected chi connectivity index (χ1v) is 10.9. The van der Waals surface area contributed by atoms with E-state index in [1.807, 2.05) is 66.7 Å². The van der Waals surface area contributed by atoms with Crippen LogP contribution in [0.2, 0.25) is 0 Å². The van der Waals surface area contributed by atoms with E-state index in [2.05, 4.69) is 35.1 Å². The molecule has 5 heteroatoms. The van der Waals surface area contributed by atoms with Gasteiger partial charge in [0.25, 0.3) is 0 Å². The van der Waals surface area contributed by atoms with Crippen LogP contribution in [0, 0.1) is 0 Å². The van der Waals surface area contributed by atoms with E-state index < -0.39 is 6.16 Å². The van der Waals surface area contributed by atoms with E-state index in [9.17, 15) is 4.79 Å². The van der Waals surface area contributed by atoms with Gasteiger partial charge in [0.1, 0.15) is 12.4 Å². The maximum Gasteiger partial charge on any atom is 0.513 e. The first kappa shape index (κ1) is 20.8. The quantitative estimate of drug-likeness (QED) is 0.207. The Hall–Kier alpha value is -4.09. The zero-order valence-corrected chi connectivity index (χ0v) is 18.0. The van der Waals surface area contributed by atoms with Crippen molar-refractivity contribution in [3.8, 4) is 16.9 Å². The molecule has 33 heavy (non-hydrogen) atoms. The van der Waals surface area contributed by atoms with E-state index in [4.69, 9.17) is 9.47 Å². The van der Waals surface area contributed by atoms with Crippen LogP contribution in [-0.2, 0) is 11.3 Å². The summed E-state index contributed by atoms with van der Waals surface area (Å²) in [5.74, 6) is 0.461. The van der Waals surface area contributed by atoms with Gasteiger partial charge in [0.15, 0.2) is 0 Å². The molecular weight excluding hydrogens is 412 g/mol. The number of rotatable bonds is 7. The minimum absolute atomic E-state index is 0.00974. The van der Waals surface area contributed by atoms with Crippen molar-refractivity contribution in [1.82, 2.24) is 5.43 Å².